The number of halogens is 3. The molecule has 0 radical (unpaired) electrons. The smallest absolute Gasteiger partial charge is 0.366 e. The summed E-state index contributed by atoms with van der Waals surface area (Å²) in [4.78, 5) is 40.7. The Hall–Kier alpha value is -3.56. The van der Waals surface area contributed by atoms with E-state index in [9.17, 15) is 27.6 Å². The molecule has 10 heteroatoms. The number of likely N-dealkylation sites (tertiary alicyclic amines) is 2. The van der Waals surface area contributed by atoms with Gasteiger partial charge >= 0.3 is 12.2 Å². The van der Waals surface area contributed by atoms with Gasteiger partial charge in [0.2, 0.25) is 5.91 Å². The van der Waals surface area contributed by atoms with E-state index in [0.717, 1.165) is 18.6 Å². The molecule has 2 aromatic carbocycles. The number of urea groups is 1. The minimum absolute atomic E-state index is 0.114. The van der Waals surface area contributed by atoms with Crippen molar-refractivity contribution in [3.05, 3.63) is 65.2 Å². The first kappa shape index (κ1) is 23.6. The number of nitrogens with zero attached hydrogens (tertiary/aromatic N) is 2. The van der Waals surface area contributed by atoms with Gasteiger partial charge in [-0.3, -0.25) is 9.59 Å². The number of rotatable bonds is 3. The number of anilines is 1. The van der Waals surface area contributed by atoms with E-state index in [1.807, 2.05) is 0 Å². The molecule has 0 aromatic heterocycles. The summed E-state index contributed by atoms with van der Waals surface area (Å²) in [5.74, 6) is -0.887. The summed E-state index contributed by atoms with van der Waals surface area (Å²) in [7, 11) is 0. The number of amides is 4. The van der Waals surface area contributed by atoms with E-state index < -0.39 is 17.6 Å². The zero-order valence-corrected chi connectivity index (χ0v) is 18.4. The zero-order chi connectivity index (χ0) is 24.5. The molecule has 2 saturated heterocycles. The lowest BCUT2D eigenvalue weighted by Crippen LogP contribution is -2.45. The number of piperidine rings is 1. The minimum Gasteiger partial charge on any atom is -0.366 e. The molecular weight excluding hydrogens is 449 g/mol. The third-order valence-electron chi connectivity index (χ3n) is 6.72. The van der Waals surface area contributed by atoms with Crippen molar-refractivity contribution in [2.24, 2.45) is 11.1 Å². The quantitative estimate of drug-likeness (QED) is 0.705. The number of hydrogen-bond donors (Lipinski definition) is 2. The van der Waals surface area contributed by atoms with E-state index in [2.05, 4.69) is 5.32 Å². The van der Waals surface area contributed by atoms with Crippen LogP contribution in [0.5, 0.6) is 0 Å². The first-order valence-corrected chi connectivity index (χ1v) is 11.0. The fourth-order valence-electron chi connectivity index (χ4n) is 4.70. The SMILES string of the molecule is NC(=O)c1ccccc1C(=O)N1CCC2(CCN(C(=O)Nc3ccc(C(F)(F)F)cc3)C2)CC1. The maximum absolute atomic E-state index is 13.0. The first-order valence-electron chi connectivity index (χ1n) is 11.0. The summed E-state index contributed by atoms with van der Waals surface area (Å²) in [6.45, 7) is 2.05. The summed E-state index contributed by atoms with van der Waals surface area (Å²) in [5, 5.41) is 2.66. The van der Waals surface area contributed by atoms with Crippen molar-refractivity contribution in [3.63, 3.8) is 0 Å². The Morgan fingerprint density at radius 3 is 1.97 bits per heavy atom. The number of nitrogens with one attached hydrogen (secondary N) is 1. The van der Waals surface area contributed by atoms with Crippen molar-refractivity contribution in [2.75, 3.05) is 31.5 Å². The molecule has 4 rings (SSSR count). The standard InChI is InChI=1S/C24H25F3N4O3/c25-24(26,27)16-5-7-17(8-6-16)29-22(34)31-14-11-23(15-31)9-12-30(13-10-23)21(33)19-4-2-1-3-18(19)20(28)32/h1-8H,9-15H2,(H2,28,32)(H,29,34). The molecule has 3 N–H and O–H groups in total. The average molecular weight is 474 g/mol. The van der Waals surface area contributed by atoms with Gasteiger partial charge in [0.15, 0.2) is 0 Å². The second kappa shape index (κ2) is 9.00. The highest BCUT2D eigenvalue weighted by Gasteiger charge is 2.43. The van der Waals surface area contributed by atoms with Gasteiger partial charge in [-0.1, -0.05) is 12.1 Å². The Labute approximate surface area is 194 Å². The number of benzene rings is 2. The Balaban J connectivity index is 1.34. The topological polar surface area (TPSA) is 95.7 Å². The molecule has 2 heterocycles. The first-order chi connectivity index (χ1) is 16.1. The highest BCUT2D eigenvalue weighted by Crippen LogP contribution is 2.41. The molecular formula is C24H25F3N4O3. The Morgan fingerprint density at radius 1 is 0.853 bits per heavy atom. The van der Waals surface area contributed by atoms with Crippen LogP contribution in [0.25, 0.3) is 0 Å². The second-order valence-electron chi connectivity index (χ2n) is 8.88. The van der Waals surface area contributed by atoms with Gasteiger partial charge in [-0.05, 0) is 61.1 Å². The normalized spacial score (nSPS) is 17.6. The number of nitrogens with two attached hydrogens (primary N) is 1. The van der Waals surface area contributed by atoms with Gasteiger partial charge in [0.25, 0.3) is 5.91 Å². The molecule has 4 amide bonds. The molecule has 0 bridgehead atoms. The van der Waals surface area contributed by atoms with Gasteiger partial charge in [0, 0.05) is 31.9 Å². The van der Waals surface area contributed by atoms with Gasteiger partial charge in [0.05, 0.1) is 16.7 Å². The lowest BCUT2D eigenvalue weighted by Gasteiger charge is -2.39. The van der Waals surface area contributed by atoms with Crippen molar-refractivity contribution in [3.8, 4) is 0 Å². The summed E-state index contributed by atoms with van der Waals surface area (Å²) in [5.41, 5.74) is 5.29. The Bertz CT molecular complexity index is 1090. The van der Waals surface area contributed by atoms with Gasteiger partial charge in [0.1, 0.15) is 0 Å². The Kier molecular flexibility index (Phi) is 6.24. The van der Waals surface area contributed by atoms with E-state index in [4.69, 9.17) is 5.73 Å². The summed E-state index contributed by atoms with van der Waals surface area (Å²) in [6.07, 6.45) is -2.22. The third-order valence-corrected chi connectivity index (χ3v) is 6.72. The highest BCUT2D eigenvalue weighted by atomic mass is 19.4. The van der Waals surface area contributed by atoms with Crippen molar-refractivity contribution >= 4 is 23.5 Å². The monoisotopic (exact) mass is 474 g/mol. The van der Waals surface area contributed by atoms with Crippen LogP contribution in [0.2, 0.25) is 0 Å². The largest absolute Gasteiger partial charge is 0.416 e. The average Bonchev–Trinajstić information content (AvgIpc) is 3.22. The van der Waals surface area contributed by atoms with Crippen LogP contribution in [0, 0.1) is 5.41 Å². The fourth-order valence-corrected chi connectivity index (χ4v) is 4.70. The van der Waals surface area contributed by atoms with E-state index in [1.165, 1.54) is 18.2 Å². The molecule has 2 aliphatic rings. The van der Waals surface area contributed by atoms with Crippen LogP contribution < -0.4 is 11.1 Å². The van der Waals surface area contributed by atoms with Crippen molar-refractivity contribution < 1.29 is 27.6 Å². The van der Waals surface area contributed by atoms with Gasteiger partial charge < -0.3 is 20.9 Å². The van der Waals surface area contributed by atoms with Crippen LogP contribution in [-0.4, -0.2) is 53.8 Å². The van der Waals surface area contributed by atoms with Crippen LogP contribution in [0.15, 0.2) is 48.5 Å². The molecule has 34 heavy (non-hydrogen) atoms. The third kappa shape index (κ3) is 4.85. The summed E-state index contributed by atoms with van der Waals surface area (Å²) >= 11 is 0. The van der Waals surface area contributed by atoms with Crippen molar-refractivity contribution in [1.29, 1.82) is 0 Å². The fraction of sp³-hybridized carbons (Fsp3) is 0.375. The molecule has 2 fully saturated rings. The minimum atomic E-state index is -4.43. The second-order valence-corrected chi connectivity index (χ2v) is 8.88. The number of alkyl halides is 3. The summed E-state index contributed by atoms with van der Waals surface area (Å²) < 4.78 is 38.2. The maximum atomic E-state index is 13.0. The van der Waals surface area contributed by atoms with Crippen LogP contribution in [0.1, 0.15) is 45.5 Å². The van der Waals surface area contributed by atoms with Gasteiger partial charge in [-0.15, -0.1) is 0 Å². The highest BCUT2D eigenvalue weighted by molar-refractivity contribution is 6.06. The molecule has 2 aromatic rings. The predicted octanol–water partition coefficient (Wildman–Crippen LogP) is 3.96. The van der Waals surface area contributed by atoms with Gasteiger partial charge in [-0.2, -0.15) is 13.2 Å². The molecule has 0 atom stereocenters. The summed E-state index contributed by atoms with van der Waals surface area (Å²) in [6, 6.07) is 10.5. The molecule has 0 saturated carbocycles. The van der Waals surface area contributed by atoms with E-state index in [0.29, 0.717) is 44.7 Å². The van der Waals surface area contributed by atoms with E-state index in [1.54, 1.807) is 28.0 Å². The van der Waals surface area contributed by atoms with Crippen LogP contribution in [-0.2, 0) is 6.18 Å². The molecule has 2 aliphatic heterocycles. The molecule has 0 unspecified atom stereocenters. The number of primary amides is 1. The lowest BCUT2D eigenvalue weighted by molar-refractivity contribution is -0.137. The van der Waals surface area contributed by atoms with Crippen molar-refractivity contribution in [1.82, 2.24) is 9.80 Å². The zero-order valence-electron chi connectivity index (χ0n) is 18.4. The predicted molar refractivity (Wildman–Crippen MR) is 119 cm³/mol. The van der Waals surface area contributed by atoms with Crippen LogP contribution in [0.4, 0.5) is 23.7 Å². The molecule has 1 spiro atoms. The van der Waals surface area contributed by atoms with Crippen LogP contribution >= 0.6 is 0 Å². The number of carbonyl (C=O) groups excluding carboxylic acids is 3. The molecule has 0 aliphatic carbocycles. The number of carbonyl (C=O) groups is 3. The maximum Gasteiger partial charge on any atom is 0.416 e. The lowest BCUT2D eigenvalue weighted by atomic mass is 9.77. The molecule has 7 nitrogen and oxygen atoms in total. The Morgan fingerprint density at radius 2 is 1.41 bits per heavy atom. The van der Waals surface area contributed by atoms with E-state index >= 15 is 0 Å². The van der Waals surface area contributed by atoms with Crippen LogP contribution in [0.3, 0.4) is 0 Å². The molecule has 180 valence electrons. The van der Waals surface area contributed by atoms with E-state index in [-0.39, 0.29) is 28.5 Å². The number of hydrogen-bond acceptors (Lipinski definition) is 3. The van der Waals surface area contributed by atoms with Crippen molar-refractivity contribution in [2.45, 2.75) is 25.4 Å². The van der Waals surface area contributed by atoms with Gasteiger partial charge in [-0.25, -0.2) is 4.79 Å².